The third-order valence-corrected chi connectivity index (χ3v) is 6.13. The SMILES string of the molecule is CC(C)S(=O)(=O)c1ccc(C(=O)NCC2(C(=O)O)CC2)cc1. The van der Waals surface area contributed by atoms with E-state index in [1.807, 2.05) is 0 Å². The van der Waals surface area contributed by atoms with Gasteiger partial charge < -0.3 is 10.4 Å². The second kappa shape index (κ2) is 5.72. The van der Waals surface area contributed by atoms with Gasteiger partial charge >= 0.3 is 5.97 Å². The Morgan fingerprint density at radius 2 is 1.77 bits per heavy atom. The van der Waals surface area contributed by atoms with E-state index in [-0.39, 0.29) is 11.4 Å². The minimum Gasteiger partial charge on any atom is -0.481 e. The number of aliphatic carboxylic acids is 1. The van der Waals surface area contributed by atoms with E-state index < -0.39 is 32.4 Å². The van der Waals surface area contributed by atoms with E-state index in [9.17, 15) is 18.0 Å². The van der Waals surface area contributed by atoms with Gasteiger partial charge in [0.2, 0.25) is 0 Å². The van der Waals surface area contributed by atoms with Crippen LogP contribution in [0.5, 0.6) is 0 Å². The van der Waals surface area contributed by atoms with Crippen LogP contribution in [-0.2, 0) is 14.6 Å². The van der Waals surface area contributed by atoms with Crippen molar-refractivity contribution in [3.63, 3.8) is 0 Å². The summed E-state index contributed by atoms with van der Waals surface area (Å²) in [7, 11) is -3.37. The Kier molecular flexibility index (Phi) is 4.28. The maximum Gasteiger partial charge on any atom is 0.311 e. The molecule has 0 spiro atoms. The van der Waals surface area contributed by atoms with Crippen molar-refractivity contribution in [3.05, 3.63) is 29.8 Å². The molecule has 1 aromatic carbocycles. The molecule has 1 saturated carbocycles. The highest BCUT2D eigenvalue weighted by molar-refractivity contribution is 7.92. The highest BCUT2D eigenvalue weighted by Gasteiger charge is 2.50. The first-order valence-electron chi connectivity index (χ1n) is 7.05. The van der Waals surface area contributed by atoms with Crippen LogP contribution in [0.15, 0.2) is 29.2 Å². The molecule has 0 aromatic heterocycles. The van der Waals surface area contributed by atoms with Crippen LogP contribution >= 0.6 is 0 Å². The van der Waals surface area contributed by atoms with E-state index >= 15 is 0 Å². The second-order valence-electron chi connectivity index (χ2n) is 5.89. The lowest BCUT2D eigenvalue weighted by Crippen LogP contribution is -2.34. The largest absolute Gasteiger partial charge is 0.481 e. The predicted molar refractivity (Wildman–Crippen MR) is 80.4 cm³/mol. The normalized spacial score (nSPS) is 16.3. The summed E-state index contributed by atoms with van der Waals surface area (Å²) in [6.45, 7) is 3.28. The molecule has 6 nitrogen and oxygen atoms in total. The molecular weight excluding hydrogens is 306 g/mol. The van der Waals surface area contributed by atoms with Crippen molar-refractivity contribution in [2.24, 2.45) is 5.41 Å². The zero-order valence-electron chi connectivity index (χ0n) is 12.5. The fourth-order valence-electron chi connectivity index (χ4n) is 2.04. The van der Waals surface area contributed by atoms with Crippen LogP contribution in [0.1, 0.15) is 37.0 Å². The topological polar surface area (TPSA) is 101 Å². The molecule has 0 atom stereocenters. The summed E-state index contributed by atoms with van der Waals surface area (Å²) >= 11 is 0. The van der Waals surface area contributed by atoms with Crippen LogP contribution in [0.4, 0.5) is 0 Å². The minimum absolute atomic E-state index is 0.0905. The summed E-state index contributed by atoms with van der Waals surface area (Å²) in [5.74, 6) is -1.30. The fourth-order valence-corrected chi connectivity index (χ4v) is 3.10. The molecule has 1 fully saturated rings. The molecule has 0 unspecified atom stereocenters. The summed E-state index contributed by atoms with van der Waals surface area (Å²) in [5.41, 5.74) is -0.514. The number of rotatable bonds is 6. The Labute approximate surface area is 129 Å². The van der Waals surface area contributed by atoms with Gasteiger partial charge in [0, 0.05) is 12.1 Å². The summed E-state index contributed by atoms with van der Waals surface area (Å²) in [5, 5.41) is 11.1. The fraction of sp³-hybridized carbons (Fsp3) is 0.467. The monoisotopic (exact) mass is 325 g/mol. The number of nitrogens with one attached hydrogen (secondary N) is 1. The molecular formula is C15H19NO5S. The Balaban J connectivity index is 2.05. The predicted octanol–water partition coefficient (Wildman–Crippen LogP) is 1.46. The molecule has 1 aliphatic carbocycles. The number of benzene rings is 1. The molecule has 0 saturated heterocycles. The maximum atomic E-state index is 12.0. The number of sulfone groups is 1. The van der Waals surface area contributed by atoms with Crippen molar-refractivity contribution < 1.29 is 23.1 Å². The molecule has 1 aliphatic rings. The average molecular weight is 325 g/mol. The highest BCUT2D eigenvalue weighted by Crippen LogP contribution is 2.45. The van der Waals surface area contributed by atoms with Crippen LogP contribution in [0.2, 0.25) is 0 Å². The first-order chi connectivity index (χ1) is 10.2. The molecule has 0 radical (unpaired) electrons. The van der Waals surface area contributed by atoms with Crippen molar-refractivity contribution in [1.29, 1.82) is 0 Å². The Morgan fingerprint density at radius 3 is 2.18 bits per heavy atom. The van der Waals surface area contributed by atoms with Gasteiger partial charge in [0.15, 0.2) is 9.84 Å². The van der Waals surface area contributed by atoms with Crippen LogP contribution in [0, 0.1) is 5.41 Å². The molecule has 1 amide bonds. The molecule has 2 N–H and O–H groups in total. The first kappa shape index (κ1) is 16.5. The van der Waals surface area contributed by atoms with Crippen LogP contribution in [0.25, 0.3) is 0 Å². The summed E-state index contributed by atoms with van der Waals surface area (Å²) < 4.78 is 24.0. The van der Waals surface area contributed by atoms with Crippen molar-refractivity contribution in [1.82, 2.24) is 5.32 Å². The Morgan fingerprint density at radius 1 is 1.23 bits per heavy atom. The van der Waals surface area contributed by atoms with Gasteiger partial charge in [0.1, 0.15) is 0 Å². The average Bonchev–Trinajstić information content (AvgIpc) is 3.26. The molecule has 2 rings (SSSR count). The molecule has 0 bridgehead atoms. The number of hydrogen-bond acceptors (Lipinski definition) is 4. The second-order valence-corrected chi connectivity index (χ2v) is 8.39. The maximum absolute atomic E-state index is 12.0. The number of carbonyl (C=O) groups excluding carboxylic acids is 1. The van der Waals surface area contributed by atoms with Gasteiger partial charge in [-0.15, -0.1) is 0 Å². The van der Waals surface area contributed by atoms with Gasteiger partial charge in [-0.05, 0) is 51.0 Å². The number of amides is 1. The van der Waals surface area contributed by atoms with Gasteiger partial charge in [-0.3, -0.25) is 9.59 Å². The van der Waals surface area contributed by atoms with Crippen LogP contribution in [0.3, 0.4) is 0 Å². The number of carboxylic acids is 1. The van der Waals surface area contributed by atoms with Gasteiger partial charge in [0.25, 0.3) is 5.91 Å². The summed E-state index contributed by atoms with van der Waals surface area (Å²) in [4.78, 5) is 23.2. The summed E-state index contributed by atoms with van der Waals surface area (Å²) in [6.07, 6.45) is 1.13. The molecule has 22 heavy (non-hydrogen) atoms. The number of carboxylic acid groups (broad SMARTS) is 1. The van der Waals surface area contributed by atoms with E-state index in [1.54, 1.807) is 13.8 Å². The molecule has 7 heteroatoms. The lowest BCUT2D eigenvalue weighted by molar-refractivity contribution is -0.143. The van der Waals surface area contributed by atoms with Crippen LogP contribution < -0.4 is 5.32 Å². The lowest BCUT2D eigenvalue weighted by atomic mass is 10.1. The van der Waals surface area contributed by atoms with Crippen LogP contribution in [-0.4, -0.2) is 37.2 Å². The van der Waals surface area contributed by atoms with E-state index in [4.69, 9.17) is 5.11 Å². The Bertz CT molecular complexity index is 687. The first-order valence-corrected chi connectivity index (χ1v) is 8.59. The van der Waals surface area contributed by atoms with Gasteiger partial charge in [-0.1, -0.05) is 0 Å². The van der Waals surface area contributed by atoms with Gasteiger partial charge in [-0.25, -0.2) is 8.42 Å². The smallest absolute Gasteiger partial charge is 0.311 e. The van der Waals surface area contributed by atoms with E-state index in [0.29, 0.717) is 18.4 Å². The third-order valence-electron chi connectivity index (χ3n) is 3.96. The van der Waals surface area contributed by atoms with E-state index in [2.05, 4.69) is 5.32 Å². The van der Waals surface area contributed by atoms with Gasteiger partial charge in [-0.2, -0.15) is 0 Å². The number of carbonyl (C=O) groups is 2. The quantitative estimate of drug-likeness (QED) is 0.825. The standard InChI is InChI=1S/C15H19NO5S/c1-10(2)22(20,21)12-5-3-11(4-6-12)13(17)16-9-15(7-8-15)14(18)19/h3-6,10H,7-9H2,1-2H3,(H,16,17)(H,18,19). The molecule has 0 aliphatic heterocycles. The van der Waals surface area contributed by atoms with Crippen molar-refractivity contribution in [2.45, 2.75) is 36.8 Å². The zero-order valence-corrected chi connectivity index (χ0v) is 13.3. The Hall–Kier alpha value is -1.89. The minimum atomic E-state index is -3.37. The van der Waals surface area contributed by atoms with Crippen molar-refractivity contribution in [2.75, 3.05) is 6.54 Å². The summed E-state index contributed by atoms with van der Waals surface area (Å²) in [6, 6.07) is 5.67. The zero-order chi connectivity index (χ0) is 16.5. The van der Waals surface area contributed by atoms with Gasteiger partial charge in [0.05, 0.1) is 15.6 Å². The molecule has 0 heterocycles. The van der Waals surface area contributed by atoms with E-state index in [0.717, 1.165) is 0 Å². The van der Waals surface area contributed by atoms with Crippen molar-refractivity contribution >= 4 is 21.7 Å². The molecule has 120 valence electrons. The third kappa shape index (κ3) is 3.14. The van der Waals surface area contributed by atoms with E-state index in [1.165, 1.54) is 24.3 Å². The van der Waals surface area contributed by atoms with Crippen molar-refractivity contribution in [3.8, 4) is 0 Å². The number of hydrogen-bond donors (Lipinski definition) is 2. The lowest BCUT2D eigenvalue weighted by Gasteiger charge is -2.12. The highest BCUT2D eigenvalue weighted by atomic mass is 32.2. The molecule has 1 aromatic rings.